The molecule has 1 fully saturated rings. The van der Waals surface area contributed by atoms with Gasteiger partial charge in [-0.05, 0) is 35.0 Å². The number of nitrogens with zero attached hydrogens (tertiary/aromatic N) is 6. The van der Waals surface area contributed by atoms with E-state index in [4.69, 9.17) is 0 Å². The van der Waals surface area contributed by atoms with Gasteiger partial charge in [-0.3, -0.25) is 9.69 Å². The van der Waals surface area contributed by atoms with Crippen LogP contribution in [-0.4, -0.2) is 63.9 Å². The summed E-state index contributed by atoms with van der Waals surface area (Å²) in [4.78, 5) is 25.1. The van der Waals surface area contributed by atoms with Crippen LogP contribution in [0.25, 0.3) is 0 Å². The second-order valence-electron chi connectivity index (χ2n) is 5.96. The van der Waals surface area contributed by atoms with Crippen molar-refractivity contribution in [3.8, 4) is 0 Å². The average Bonchev–Trinajstić information content (AvgIpc) is 2.66. The molecule has 25 heavy (non-hydrogen) atoms. The van der Waals surface area contributed by atoms with Crippen molar-refractivity contribution in [2.75, 3.05) is 49.5 Å². The Morgan fingerprint density at radius 2 is 1.92 bits per heavy atom. The van der Waals surface area contributed by atoms with Gasteiger partial charge in [0.05, 0.1) is 11.9 Å². The summed E-state index contributed by atoms with van der Waals surface area (Å²) in [6.45, 7) is 5.73. The second kappa shape index (κ2) is 8.39. The van der Waals surface area contributed by atoms with Crippen molar-refractivity contribution in [3.05, 3.63) is 39.5 Å². The van der Waals surface area contributed by atoms with Crippen molar-refractivity contribution in [2.24, 2.45) is 7.05 Å². The minimum atomic E-state index is -0.135. The van der Waals surface area contributed by atoms with E-state index in [0.29, 0.717) is 4.47 Å². The van der Waals surface area contributed by atoms with Crippen LogP contribution >= 0.6 is 15.9 Å². The molecule has 1 saturated heterocycles. The fourth-order valence-electron chi connectivity index (χ4n) is 2.79. The SMILES string of the molecule is Cn1ncc(NCCCN2CCN(c3ncccn3)CC2)c(Br)c1=O. The van der Waals surface area contributed by atoms with E-state index >= 15 is 0 Å². The van der Waals surface area contributed by atoms with Crippen LogP contribution in [-0.2, 0) is 7.05 Å². The molecule has 1 aliphatic rings. The van der Waals surface area contributed by atoms with Crippen LogP contribution < -0.4 is 15.8 Å². The smallest absolute Gasteiger partial charge is 0.282 e. The predicted octanol–water partition coefficient (Wildman–Crippen LogP) is 0.957. The first-order valence-electron chi connectivity index (χ1n) is 8.35. The third kappa shape index (κ3) is 4.55. The molecule has 0 atom stereocenters. The highest BCUT2D eigenvalue weighted by Gasteiger charge is 2.18. The fraction of sp³-hybridized carbons (Fsp3) is 0.500. The van der Waals surface area contributed by atoms with Crippen LogP contribution in [0, 0.1) is 0 Å². The molecule has 0 unspecified atom stereocenters. The van der Waals surface area contributed by atoms with Gasteiger partial charge in [-0.1, -0.05) is 0 Å². The first-order valence-corrected chi connectivity index (χ1v) is 9.14. The maximum atomic E-state index is 11.8. The summed E-state index contributed by atoms with van der Waals surface area (Å²) >= 11 is 3.32. The number of halogens is 1. The molecule has 2 aromatic heterocycles. The third-order valence-corrected chi connectivity index (χ3v) is 5.02. The highest BCUT2D eigenvalue weighted by molar-refractivity contribution is 9.10. The fourth-order valence-corrected chi connectivity index (χ4v) is 3.28. The van der Waals surface area contributed by atoms with E-state index in [1.54, 1.807) is 25.6 Å². The Morgan fingerprint density at radius 3 is 2.64 bits per heavy atom. The number of hydrogen-bond donors (Lipinski definition) is 1. The van der Waals surface area contributed by atoms with Gasteiger partial charge in [-0.15, -0.1) is 0 Å². The Morgan fingerprint density at radius 1 is 1.20 bits per heavy atom. The van der Waals surface area contributed by atoms with Crippen LogP contribution in [0.2, 0.25) is 0 Å². The zero-order valence-corrected chi connectivity index (χ0v) is 15.8. The summed E-state index contributed by atoms with van der Waals surface area (Å²) in [6.07, 6.45) is 6.24. The van der Waals surface area contributed by atoms with Gasteiger partial charge >= 0.3 is 0 Å². The van der Waals surface area contributed by atoms with E-state index < -0.39 is 0 Å². The van der Waals surface area contributed by atoms with E-state index in [0.717, 1.165) is 57.3 Å². The maximum Gasteiger partial charge on any atom is 0.282 e. The van der Waals surface area contributed by atoms with Gasteiger partial charge < -0.3 is 10.2 Å². The lowest BCUT2D eigenvalue weighted by Crippen LogP contribution is -2.47. The summed E-state index contributed by atoms with van der Waals surface area (Å²) in [5, 5.41) is 7.30. The Labute approximate surface area is 155 Å². The quantitative estimate of drug-likeness (QED) is 0.714. The van der Waals surface area contributed by atoms with Crippen molar-refractivity contribution >= 4 is 27.6 Å². The lowest BCUT2D eigenvalue weighted by atomic mass is 10.3. The molecule has 0 radical (unpaired) electrons. The van der Waals surface area contributed by atoms with Gasteiger partial charge in [0, 0.05) is 52.2 Å². The van der Waals surface area contributed by atoms with Gasteiger partial charge in [0.2, 0.25) is 5.95 Å². The number of piperazine rings is 1. The minimum absolute atomic E-state index is 0.135. The molecule has 0 aliphatic carbocycles. The molecule has 3 heterocycles. The average molecular weight is 408 g/mol. The molecule has 0 saturated carbocycles. The molecule has 0 aromatic carbocycles. The first-order chi connectivity index (χ1) is 12.1. The number of hydrogen-bond acceptors (Lipinski definition) is 7. The summed E-state index contributed by atoms with van der Waals surface area (Å²) in [5.74, 6) is 0.812. The molecular formula is C16H22BrN7O. The van der Waals surface area contributed by atoms with Crippen LogP contribution in [0.4, 0.5) is 11.6 Å². The molecule has 0 amide bonds. The number of anilines is 2. The molecule has 1 N–H and O–H groups in total. The molecule has 8 nitrogen and oxygen atoms in total. The van der Waals surface area contributed by atoms with Crippen molar-refractivity contribution < 1.29 is 0 Å². The van der Waals surface area contributed by atoms with Gasteiger partial charge in [-0.25, -0.2) is 14.6 Å². The molecule has 3 rings (SSSR count). The summed E-state index contributed by atoms with van der Waals surface area (Å²) < 4.78 is 1.84. The predicted molar refractivity (Wildman–Crippen MR) is 101 cm³/mol. The normalized spacial score (nSPS) is 15.4. The Kier molecular flexibility index (Phi) is 5.98. The van der Waals surface area contributed by atoms with Crippen LogP contribution in [0.1, 0.15) is 6.42 Å². The van der Waals surface area contributed by atoms with Crippen molar-refractivity contribution in [1.82, 2.24) is 24.6 Å². The summed E-state index contributed by atoms with van der Waals surface area (Å²) in [6, 6.07) is 1.84. The summed E-state index contributed by atoms with van der Waals surface area (Å²) in [5.41, 5.74) is 0.610. The van der Waals surface area contributed by atoms with E-state index in [-0.39, 0.29) is 5.56 Å². The number of aryl methyl sites for hydroxylation is 1. The summed E-state index contributed by atoms with van der Waals surface area (Å²) in [7, 11) is 1.64. The van der Waals surface area contributed by atoms with Crippen LogP contribution in [0.3, 0.4) is 0 Å². The molecular weight excluding hydrogens is 386 g/mol. The van der Waals surface area contributed by atoms with Gasteiger partial charge in [0.1, 0.15) is 4.47 Å². The maximum absolute atomic E-state index is 11.8. The monoisotopic (exact) mass is 407 g/mol. The van der Waals surface area contributed by atoms with Crippen LogP contribution in [0.5, 0.6) is 0 Å². The van der Waals surface area contributed by atoms with Gasteiger partial charge in [0.25, 0.3) is 5.56 Å². The molecule has 2 aromatic rings. The second-order valence-corrected chi connectivity index (χ2v) is 6.75. The lowest BCUT2D eigenvalue weighted by molar-refractivity contribution is 0.256. The number of nitrogens with one attached hydrogen (secondary N) is 1. The molecule has 1 aliphatic heterocycles. The van der Waals surface area contributed by atoms with Crippen molar-refractivity contribution in [1.29, 1.82) is 0 Å². The minimum Gasteiger partial charge on any atom is -0.383 e. The van der Waals surface area contributed by atoms with Crippen molar-refractivity contribution in [3.63, 3.8) is 0 Å². The Balaban J connectivity index is 1.39. The Hall–Kier alpha value is -2.00. The number of aromatic nitrogens is 4. The highest BCUT2D eigenvalue weighted by atomic mass is 79.9. The van der Waals surface area contributed by atoms with Gasteiger partial charge in [0.15, 0.2) is 0 Å². The van der Waals surface area contributed by atoms with Gasteiger partial charge in [-0.2, -0.15) is 5.10 Å². The van der Waals surface area contributed by atoms with E-state index in [2.05, 4.69) is 46.1 Å². The first kappa shape index (κ1) is 17.8. The molecule has 9 heteroatoms. The Bertz CT molecular complexity index is 744. The standard InChI is InChI=1S/C16H22BrN7O/c1-22-15(25)14(17)13(12-21-22)18-6-3-7-23-8-10-24(11-9-23)16-19-4-2-5-20-16/h2,4-5,12,18H,3,6-11H2,1H3. The molecule has 0 spiro atoms. The lowest BCUT2D eigenvalue weighted by Gasteiger charge is -2.34. The zero-order valence-electron chi connectivity index (χ0n) is 14.2. The molecule has 134 valence electrons. The van der Waals surface area contributed by atoms with Crippen LogP contribution in [0.15, 0.2) is 33.9 Å². The molecule has 0 bridgehead atoms. The van der Waals surface area contributed by atoms with Crippen molar-refractivity contribution in [2.45, 2.75) is 6.42 Å². The number of rotatable bonds is 6. The van der Waals surface area contributed by atoms with E-state index in [9.17, 15) is 4.79 Å². The van der Waals surface area contributed by atoms with E-state index in [1.807, 2.05) is 6.07 Å². The largest absolute Gasteiger partial charge is 0.383 e. The highest BCUT2D eigenvalue weighted by Crippen LogP contribution is 2.15. The zero-order chi connectivity index (χ0) is 17.6. The third-order valence-electron chi connectivity index (χ3n) is 4.25. The topological polar surface area (TPSA) is 79.2 Å². The van der Waals surface area contributed by atoms with E-state index in [1.165, 1.54) is 4.68 Å².